The van der Waals surface area contributed by atoms with E-state index < -0.39 is 17.7 Å². The van der Waals surface area contributed by atoms with Crippen LogP contribution in [-0.4, -0.2) is 13.0 Å². The predicted molar refractivity (Wildman–Crippen MR) is 75.2 cm³/mol. The van der Waals surface area contributed by atoms with Crippen LogP contribution in [0.3, 0.4) is 0 Å². The quantitative estimate of drug-likeness (QED) is 0.936. The van der Waals surface area contributed by atoms with Crippen molar-refractivity contribution in [3.8, 4) is 5.75 Å². The zero-order valence-corrected chi connectivity index (χ0v) is 11.7. The second-order valence-electron chi connectivity index (χ2n) is 4.59. The molecule has 21 heavy (non-hydrogen) atoms. The Bertz CT molecular complexity index is 641. The van der Waals surface area contributed by atoms with Gasteiger partial charge in [-0.05, 0) is 37.3 Å². The Kier molecular flexibility index (Phi) is 4.52. The summed E-state index contributed by atoms with van der Waals surface area (Å²) in [5.74, 6) is -1.03. The highest BCUT2D eigenvalue weighted by atomic mass is 19.1. The normalized spacial score (nSPS) is 11.8. The standard InChI is InChI=1S/C16H15F2NO2/c1-10(14-8-5-12(17)9-15(14)18)19-16(20)11-3-6-13(21-2)7-4-11/h3-10H,1-2H3,(H,19,20). The second kappa shape index (κ2) is 6.35. The van der Waals surface area contributed by atoms with Crippen molar-refractivity contribution in [2.45, 2.75) is 13.0 Å². The molecule has 0 aliphatic carbocycles. The van der Waals surface area contributed by atoms with Gasteiger partial charge in [0.1, 0.15) is 17.4 Å². The van der Waals surface area contributed by atoms with Crippen molar-refractivity contribution < 1.29 is 18.3 Å². The molecule has 0 fully saturated rings. The Hall–Kier alpha value is -2.43. The van der Waals surface area contributed by atoms with Gasteiger partial charge in [-0.2, -0.15) is 0 Å². The number of rotatable bonds is 4. The number of halogens is 2. The summed E-state index contributed by atoms with van der Waals surface area (Å²) in [5, 5.41) is 2.67. The van der Waals surface area contributed by atoms with E-state index in [1.54, 1.807) is 31.2 Å². The summed E-state index contributed by atoms with van der Waals surface area (Å²) in [6, 6.07) is 9.27. The number of ether oxygens (including phenoxy) is 1. The third-order valence-electron chi connectivity index (χ3n) is 3.13. The molecule has 0 spiro atoms. The third-order valence-corrected chi connectivity index (χ3v) is 3.13. The van der Waals surface area contributed by atoms with Crippen molar-refractivity contribution in [2.24, 2.45) is 0 Å². The van der Waals surface area contributed by atoms with E-state index in [9.17, 15) is 13.6 Å². The Balaban J connectivity index is 2.10. The van der Waals surface area contributed by atoms with Crippen LogP contribution in [0.2, 0.25) is 0 Å². The summed E-state index contributed by atoms with van der Waals surface area (Å²) in [6.07, 6.45) is 0. The van der Waals surface area contributed by atoms with E-state index >= 15 is 0 Å². The van der Waals surface area contributed by atoms with Crippen LogP contribution in [0.4, 0.5) is 8.78 Å². The number of methoxy groups -OCH3 is 1. The first-order valence-corrected chi connectivity index (χ1v) is 6.41. The maximum atomic E-state index is 13.6. The van der Waals surface area contributed by atoms with Crippen molar-refractivity contribution in [3.63, 3.8) is 0 Å². The van der Waals surface area contributed by atoms with Gasteiger partial charge >= 0.3 is 0 Å². The van der Waals surface area contributed by atoms with E-state index in [1.807, 2.05) is 0 Å². The maximum absolute atomic E-state index is 13.6. The van der Waals surface area contributed by atoms with Gasteiger partial charge in [0.15, 0.2) is 0 Å². The van der Waals surface area contributed by atoms with Crippen LogP contribution in [0, 0.1) is 11.6 Å². The summed E-state index contributed by atoms with van der Waals surface area (Å²) in [7, 11) is 1.54. The molecule has 1 atom stereocenters. The van der Waals surface area contributed by atoms with E-state index in [2.05, 4.69) is 5.32 Å². The molecule has 0 saturated heterocycles. The van der Waals surface area contributed by atoms with Crippen molar-refractivity contribution in [1.29, 1.82) is 0 Å². The summed E-state index contributed by atoms with van der Waals surface area (Å²) < 4.78 is 31.5. The predicted octanol–water partition coefficient (Wildman–Crippen LogP) is 3.46. The van der Waals surface area contributed by atoms with Crippen LogP contribution in [0.1, 0.15) is 28.9 Å². The topological polar surface area (TPSA) is 38.3 Å². The number of nitrogens with one attached hydrogen (secondary N) is 1. The zero-order valence-electron chi connectivity index (χ0n) is 11.7. The summed E-state index contributed by atoms with van der Waals surface area (Å²) in [5.41, 5.74) is 0.670. The summed E-state index contributed by atoms with van der Waals surface area (Å²) >= 11 is 0. The lowest BCUT2D eigenvalue weighted by molar-refractivity contribution is 0.0939. The van der Waals surface area contributed by atoms with Gasteiger partial charge < -0.3 is 10.1 Å². The molecule has 110 valence electrons. The number of carbonyl (C=O) groups excluding carboxylic acids is 1. The van der Waals surface area contributed by atoms with Crippen molar-refractivity contribution in [2.75, 3.05) is 7.11 Å². The molecule has 0 bridgehead atoms. The fourth-order valence-corrected chi connectivity index (χ4v) is 1.95. The van der Waals surface area contributed by atoms with Gasteiger partial charge in [-0.25, -0.2) is 8.78 Å². The Morgan fingerprint density at radius 1 is 1.14 bits per heavy atom. The van der Waals surface area contributed by atoms with Crippen LogP contribution in [0.5, 0.6) is 5.75 Å². The number of hydrogen-bond acceptors (Lipinski definition) is 2. The Morgan fingerprint density at radius 2 is 1.81 bits per heavy atom. The van der Waals surface area contributed by atoms with Crippen LogP contribution in [0.15, 0.2) is 42.5 Å². The largest absolute Gasteiger partial charge is 0.497 e. The molecule has 0 aromatic heterocycles. The van der Waals surface area contributed by atoms with E-state index in [-0.39, 0.29) is 11.5 Å². The van der Waals surface area contributed by atoms with E-state index in [1.165, 1.54) is 13.2 Å². The number of carbonyl (C=O) groups is 1. The van der Waals surface area contributed by atoms with E-state index in [4.69, 9.17) is 4.74 Å². The fraction of sp³-hybridized carbons (Fsp3) is 0.188. The first kappa shape index (κ1) is 15.0. The highest BCUT2D eigenvalue weighted by Crippen LogP contribution is 2.18. The van der Waals surface area contributed by atoms with E-state index in [0.717, 1.165) is 12.1 Å². The van der Waals surface area contributed by atoms with Crippen LogP contribution in [0.25, 0.3) is 0 Å². The fourth-order valence-electron chi connectivity index (χ4n) is 1.95. The molecule has 2 aromatic rings. The molecule has 2 rings (SSSR count). The minimum absolute atomic E-state index is 0.235. The molecule has 1 unspecified atom stereocenters. The van der Waals surface area contributed by atoms with Crippen molar-refractivity contribution >= 4 is 5.91 Å². The first-order chi connectivity index (χ1) is 10.0. The molecule has 0 radical (unpaired) electrons. The Morgan fingerprint density at radius 3 is 2.38 bits per heavy atom. The molecule has 2 aromatic carbocycles. The Labute approximate surface area is 121 Å². The van der Waals surface area contributed by atoms with Gasteiger partial charge in [-0.1, -0.05) is 6.07 Å². The third kappa shape index (κ3) is 3.56. The SMILES string of the molecule is COc1ccc(C(=O)NC(C)c2ccc(F)cc2F)cc1. The number of benzene rings is 2. The van der Waals surface area contributed by atoms with Gasteiger partial charge in [0.25, 0.3) is 5.91 Å². The number of hydrogen-bond donors (Lipinski definition) is 1. The summed E-state index contributed by atoms with van der Waals surface area (Å²) in [6.45, 7) is 1.64. The van der Waals surface area contributed by atoms with Gasteiger partial charge in [0.2, 0.25) is 0 Å². The molecule has 1 amide bonds. The lowest BCUT2D eigenvalue weighted by Crippen LogP contribution is -2.27. The minimum Gasteiger partial charge on any atom is -0.497 e. The molecule has 0 aliphatic rings. The minimum atomic E-state index is -0.683. The van der Waals surface area contributed by atoms with Gasteiger partial charge in [0, 0.05) is 17.2 Å². The summed E-state index contributed by atoms with van der Waals surface area (Å²) in [4.78, 5) is 12.1. The van der Waals surface area contributed by atoms with Crippen LogP contribution < -0.4 is 10.1 Å². The van der Waals surface area contributed by atoms with Crippen LogP contribution in [-0.2, 0) is 0 Å². The lowest BCUT2D eigenvalue weighted by Gasteiger charge is -2.15. The lowest BCUT2D eigenvalue weighted by atomic mass is 10.1. The molecular formula is C16H15F2NO2. The van der Waals surface area contributed by atoms with Gasteiger partial charge in [0.05, 0.1) is 13.2 Å². The smallest absolute Gasteiger partial charge is 0.251 e. The van der Waals surface area contributed by atoms with E-state index in [0.29, 0.717) is 11.3 Å². The molecular weight excluding hydrogens is 276 g/mol. The van der Waals surface area contributed by atoms with Crippen molar-refractivity contribution in [1.82, 2.24) is 5.32 Å². The monoisotopic (exact) mass is 291 g/mol. The molecule has 1 N–H and O–H groups in total. The molecule has 5 heteroatoms. The average Bonchev–Trinajstić information content (AvgIpc) is 2.47. The van der Waals surface area contributed by atoms with Gasteiger partial charge in [-0.15, -0.1) is 0 Å². The average molecular weight is 291 g/mol. The van der Waals surface area contributed by atoms with Crippen LogP contribution >= 0.6 is 0 Å². The molecule has 0 saturated carbocycles. The highest BCUT2D eigenvalue weighted by Gasteiger charge is 2.15. The van der Waals surface area contributed by atoms with Gasteiger partial charge in [-0.3, -0.25) is 4.79 Å². The second-order valence-corrected chi connectivity index (χ2v) is 4.59. The molecule has 0 aliphatic heterocycles. The zero-order chi connectivity index (χ0) is 15.4. The maximum Gasteiger partial charge on any atom is 0.251 e. The highest BCUT2D eigenvalue weighted by molar-refractivity contribution is 5.94. The molecule has 0 heterocycles. The molecule has 3 nitrogen and oxygen atoms in total. The van der Waals surface area contributed by atoms with Crippen molar-refractivity contribution in [3.05, 3.63) is 65.2 Å². The first-order valence-electron chi connectivity index (χ1n) is 6.41. The number of amides is 1.